The van der Waals surface area contributed by atoms with Crippen LogP contribution in [0.25, 0.3) is 0 Å². The van der Waals surface area contributed by atoms with Crippen LogP contribution in [0.3, 0.4) is 0 Å². The minimum atomic E-state index is -1.73. The van der Waals surface area contributed by atoms with Crippen LogP contribution in [0.15, 0.2) is 0 Å². The van der Waals surface area contributed by atoms with Gasteiger partial charge in [0.15, 0.2) is 5.54 Å². The molecule has 0 aliphatic rings. The Morgan fingerprint density at radius 2 is 1.69 bits per heavy atom. The summed E-state index contributed by atoms with van der Waals surface area (Å²) in [6, 6.07) is 0. The van der Waals surface area contributed by atoms with Gasteiger partial charge in [0.2, 0.25) is 5.91 Å². The number of ether oxygens (including phenoxy) is 1. The van der Waals surface area contributed by atoms with Crippen LogP contribution in [0.2, 0.25) is 0 Å². The number of hydrogen-bond acceptors (Lipinski definition) is 4. The normalized spacial score (nSPS) is 15.7. The third-order valence-electron chi connectivity index (χ3n) is 1.93. The maximum Gasteiger partial charge on any atom is 0.336 e. The summed E-state index contributed by atoms with van der Waals surface area (Å²) >= 11 is 0. The second-order valence-electron chi connectivity index (χ2n) is 5.44. The van der Waals surface area contributed by atoms with Crippen molar-refractivity contribution in [1.82, 2.24) is 0 Å². The van der Waals surface area contributed by atoms with E-state index in [1.165, 1.54) is 0 Å². The molecule has 0 unspecified atom stereocenters. The average molecular weight is 230 g/mol. The minimum absolute atomic E-state index is 0.0741. The van der Waals surface area contributed by atoms with Gasteiger partial charge in [-0.25, -0.2) is 4.79 Å². The van der Waals surface area contributed by atoms with Gasteiger partial charge < -0.3 is 16.2 Å². The molecule has 5 nitrogen and oxygen atoms in total. The van der Waals surface area contributed by atoms with Crippen molar-refractivity contribution in [2.24, 2.45) is 17.4 Å². The van der Waals surface area contributed by atoms with Gasteiger partial charge in [-0.2, -0.15) is 0 Å². The highest BCUT2D eigenvalue weighted by atomic mass is 16.6. The van der Waals surface area contributed by atoms with Gasteiger partial charge in [0.05, 0.1) is 0 Å². The monoisotopic (exact) mass is 230 g/mol. The molecule has 0 rings (SSSR count). The lowest BCUT2D eigenvalue weighted by molar-refractivity contribution is -0.164. The molecule has 1 amide bonds. The third kappa shape index (κ3) is 4.18. The molecule has 0 fully saturated rings. The summed E-state index contributed by atoms with van der Waals surface area (Å²) in [4.78, 5) is 23.1. The second-order valence-corrected chi connectivity index (χ2v) is 5.44. The molecule has 0 aliphatic heterocycles. The number of amides is 1. The Bertz CT molecular complexity index is 281. The maximum absolute atomic E-state index is 11.8. The van der Waals surface area contributed by atoms with Crippen molar-refractivity contribution in [1.29, 1.82) is 0 Å². The van der Waals surface area contributed by atoms with Crippen LogP contribution >= 0.6 is 0 Å². The molecule has 1 atom stereocenters. The highest BCUT2D eigenvalue weighted by Gasteiger charge is 2.44. The summed E-state index contributed by atoms with van der Waals surface area (Å²) in [7, 11) is 0. The number of carbonyl (C=O) groups is 2. The molecule has 94 valence electrons. The van der Waals surface area contributed by atoms with Gasteiger partial charge in [-0.3, -0.25) is 4.79 Å². The van der Waals surface area contributed by atoms with E-state index < -0.39 is 23.0 Å². The van der Waals surface area contributed by atoms with Gasteiger partial charge in [0.1, 0.15) is 5.60 Å². The number of nitrogens with two attached hydrogens (primary N) is 2. The van der Waals surface area contributed by atoms with Crippen molar-refractivity contribution in [3.63, 3.8) is 0 Å². The first kappa shape index (κ1) is 14.9. The average Bonchev–Trinajstić information content (AvgIpc) is 1.98. The highest BCUT2D eigenvalue weighted by molar-refractivity contribution is 6.06. The van der Waals surface area contributed by atoms with E-state index in [0.717, 1.165) is 0 Å². The second kappa shape index (κ2) is 4.82. The van der Waals surface area contributed by atoms with E-state index in [-0.39, 0.29) is 12.3 Å². The van der Waals surface area contributed by atoms with Crippen LogP contribution in [0.5, 0.6) is 0 Å². The van der Waals surface area contributed by atoms with Gasteiger partial charge >= 0.3 is 5.97 Å². The van der Waals surface area contributed by atoms with Crippen LogP contribution in [0, 0.1) is 5.92 Å². The summed E-state index contributed by atoms with van der Waals surface area (Å²) in [6.07, 6.45) is 0.178. The van der Waals surface area contributed by atoms with Gasteiger partial charge in [-0.15, -0.1) is 0 Å². The van der Waals surface area contributed by atoms with E-state index in [1.807, 2.05) is 13.8 Å². The van der Waals surface area contributed by atoms with Crippen molar-refractivity contribution < 1.29 is 14.3 Å². The summed E-state index contributed by atoms with van der Waals surface area (Å²) < 4.78 is 5.10. The molecule has 0 heterocycles. The highest BCUT2D eigenvalue weighted by Crippen LogP contribution is 2.19. The Balaban J connectivity index is 4.92. The minimum Gasteiger partial charge on any atom is -0.458 e. The first-order chi connectivity index (χ1) is 6.99. The molecule has 0 aliphatic carbocycles. The molecular formula is C11H22N2O3. The van der Waals surface area contributed by atoms with Crippen LogP contribution in [-0.2, 0) is 14.3 Å². The fraction of sp³-hybridized carbons (Fsp3) is 0.818. The van der Waals surface area contributed by atoms with Crippen LogP contribution in [0.1, 0.15) is 41.0 Å². The molecule has 0 aromatic carbocycles. The number of carbonyl (C=O) groups excluding carboxylic acids is 2. The van der Waals surface area contributed by atoms with Gasteiger partial charge in [0, 0.05) is 0 Å². The number of hydrogen-bond donors (Lipinski definition) is 2. The number of esters is 1. The molecule has 16 heavy (non-hydrogen) atoms. The molecule has 0 bridgehead atoms. The van der Waals surface area contributed by atoms with Crippen molar-refractivity contribution >= 4 is 11.9 Å². The van der Waals surface area contributed by atoms with E-state index in [0.29, 0.717) is 0 Å². The van der Waals surface area contributed by atoms with Crippen LogP contribution < -0.4 is 11.5 Å². The van der Waals surface area contributed by atoms with E-state index in [1.54, 1.807) is 20.8 Å². The maximum atomic E-state index is 11.8. The summed E-state index contributed by atoms with van der Waals surface area (Å²) in [5, 5.41) is 0. The fourth-order valence-electron chi connectivity index (χ4n) is 1.30. The van der Waals surface area contributed by atoms with Crippen LogP contribution in [0.4, 0.5) is 0 Å². The Hall–Kier alpha value is -1.10. The van der Waals surface area contributed by atoms with Crippen molar-refractivity contribution in [2.45, 2.75) is 52.2 Å². The van der Waals surface area contributed by atoms with Crippen molar-refractivity contribution in [2.75, 3.05) is 0 Å². The Kier molecular flexibility index (Phi) is 4.49. The smallest absolute Gasteiger partial charge is 0.336 e. The third-order valence-corrected chi connectivity index (χ3v) is 1.93. The SMILES string of the molecule is CC(C)C[C@](N)(C(N)=O)C(=O)OC(C)(C)C. The molecule has 4 N–H and O–H groups in total. The Morgan fingerprint density at radius 1 is 1.25 bits per heavy atom. The summed E-state index contributed by atoms with van der Waals surface area (Å²) in [5.74, 6) is -1.54. The van der Waals surface area contributed by atoms with Crippen molar-refractivity contribution in [3.05, 3.63) is 0 Å². The predicted octanol–water partition coefficient (Wildman–Crippen LogP) is 0.557. The van der Waals surface area contributed by atoms with Gasteiger partial charge in [0.25, 0.3) is 0 Å². The Labute approximate surface area is 96.5 Å². The zero-order valence-corrected chi connectivity index (χ0v) is 10.7. The molecule has 0 saturated heterocycles. The molecule has 0 radical (unpaired) electrons. The lowest BCUT2D eigenvalue weighted by Crippen LogP contribution is -2.60. The lowest BCUT2D eigenvalue weighted by atomic mass is 9.89. The van der Waals surface area contributed by atoms with Gasteiger partial charge in [-0.1, -0.05) is 13.8 Å². The standard InChI is InChI=1S/C11H22N2O3/c1-7(2)6-11(13,8(12)14)9(15)16-10(3,4)5/h7H,6,13H2,1-5H3,(H2,12,14)/t11-/m0/s1. The van der Waals surface area contributed by atoms with E-state index in [4.69, 9.17) is 16.2 Å². The fourth-order valence-corrected chi connectivity index (χ4v) is 1.30. The summed E-state index contributed by atoms with van der Waals surface area (Å²) in [5.41, 5.74) is 8.50. The zero-order chi connectivity index (χ0) is 13.1. The van der Waals surface area contributed by atoms with E-state index in [2.05, 4.69) is 0 Å². The quantitative estimate of drug-likeness (QED) is 0.544. The first-order valence-electron chi connectivity index (χ1n) is 5.31. The summed E-state index contributed by atoms with van der Waals surface area (Å²) in [6.45, 7) is 8.84. The lowest BCUT2D eigenvalue weighted by Gasteiger charge is -2.29. The van der Waals surface area contributed by atoms with E-state index in [9.17, 15) is 9.59 Å². The molecular weight excluding hydrogens is 208 g/mol. The largest absolute Gasteiger partial charge is 0.458 e. The number of primary amides is 1. The predicted molar refractivity (Wildman–Crippen MR) is 61.4 cm³/mol. The van der Waals surface area contributed by atoms with Crippen LogP contribution in [-0.4, -0.2) is 23.0 Å². The van der Waals surface area contributed by atoms with E-state index >= 15 is 0 Å². The molecule has 0 spiro atoms. The molecule has 0 aromatic rings. The molecule has 5 heteroatoms. The van der Waals surface area contributed by atoms with Gasteiger partial charge in [-0.05, 0) is 33.1 Å². The number of rotatable bonds is 4. The molecule has 0 saturated carbocycles. The molecule has 0 aromatic heterocycles. The zero-order valence-electron chi connectivity index (χ0n) is 10.7. The Morgan fingerprint density at radius 3 is 1.94 bits per heavy atom. The first-order valence-corrected chi connectivity index (χ1v) is 5.31. The topological polar surface area (TPSA) is 95.4 Å². The van der Waals surface area contributed by atoms with Crippen molar-refractivity contribution in [3.8, 4) is 0 Å².